The Balaban J connectivity index is 2.38. The Morgan fingerprint density at radius 2 is 1.90 bits per heavy atom. The summed E-state index contributed by atoms with van der Waals surface area (Å²) in [6.45, 7) is 2.09. The highest BCUT2D eigenvalue weighted by atomic mass is 16.5. The van der Waals surface area contributed by atoms with Crippen LogP contribution in [0.2, 0.25) is 0 Å². The fourth-order valence-corrected chi connectivity index (χ4v) is 1.20. The van der Waals surface area contributed by atoms with Crippen molar-refractivity contribution in [3.05, 3.63) is 0 Å². The van der Waals surface area contributed by atoms with E-state index in [0.29, 0.717) is 0 Å². The maximum Gasteiger partial charge on any atom is 0.118 e. The largest absolute Gasteiger partial charge is 0.364 e. The summed E-state index contributed by atoms with van der Waals surface area (Å²) in [7, 11) is 3.79. The number of nitrogens with two attached hydrogens (primary N) is 1. The van der Waals surface area contributed by atoms with Gasteiger partial charge in [0.25, 0.3) is 0 Å². The number of methoxy groups -OCH3 is 1. The van der Waals surface area contributed by atoms with Gasteiger partial charge in [-0.05, 0) is 7.05 Å². The van der Waals surface area contributed by atoms with E-state index < -0.39 is 0 Å². The highest BCUT2D eigenvalue weighted by Gasteiger charge is 2.28. The molecule has 0 saturated carbocycles. The van der Waals surface area contributed by atoms with E-state index in [0.717, 1.165) is 25.9 Å². The van der Waals surface area contributed by atoms with Crippen LogP contribution in [0.4, 0.5) is 0 Å². The highest BCUT2D eigenvalue weighted by Crippen LogP contribution is 2.18. The summed E-state index contributed by atoms with van der Waals surface area (Å²) >= 11 is 0. The molecule has 0 atom stereocenters. The van der Waals surface area contributed by atoms with E-state index in [4.69, 9.17) is 10.5 Å². The minimum absolute atomic E-state index is 0.341. The molecule has 1 heterocycles. The summed E-state index contributed by atoms with van der Waals surface area (Å²) in [6.07, 6.45) is 1.89. The number of hydrogen-bond acceptors (Lipinski definition) is 3. The van der Waals surface area contributed by atoms with Crippen LogP contribution in [0.5, 0.6) is 0 Å². The Morgan fingerprint density at radius 1 is 1.40 bits per heavy atom. The third-order valence-electron chi connectivity index (χ3n) is 2.24. The van der Waals surface area contributed by atoms with E-state index >= 15 is 0 Å². The van der Waals surface area contributed by atoms with Gasteiger partial charge < -0.3 is 15.4 Å². The maximum absolute atomic E-state index is 5.87. The van der Waals surface area contributed by atoms with Crippen LogP contribution in [0.3, 0.4) is 0 Å². The molecule has 3 nitrogen and oxygen atoms in total. The van der Waals surface area contributed by atoms with Gasteiger partial charge >= 0.3 is 0 Å². The van der Waals surface area contributed by atoms with Gasteiger partial charge in [-0.25, -0.2) is 0 Å². The van der Waals surface area contributed by atoms with E-state index in [1.807, 2.05) is 0 Å². The van der Waals surface area contributed by atoms with Crippen molar-refractivity contribution in [3.63, 3.8) is 0 Å². The standard InChI is InChI=1S/C7H16N2O/c1-9-5-3-7(8,10-2)4-6-9/h3-6,8H2,1-2H3. The van der Waals surface area contributed by atoms with Crippen molar-refractivity contribution in [1.29, 1.82) is 0 Å². The van der Waals surface area contributed by atoms with E-state index in [1.165, 1.54) is 0 Å². The van der Waals surface area contributed by atoms with Crippen molar-refractivity contribution < 1.29 is 4.74 Å². The zero-order valence-electron chi connectivity index (χ0n) is 6.76. The van der Waals surface area contributed by atoms with Crippen molar-refractivity contribution in [2.24, 2.45) is 5.73 Å². The molecule has 0 spiro atoms. The second-order valence-electron chi connectivity index (χ2n) is 3.07. The minimum atomic E-state index is -0.341. The summed E-state index contributed by atoms with van der Waals surface area (Å²) in [6, 6.07) is 0. The van der Waals surface area contributed by atoms with Crippen molar-refractivity contribution >= 4 is 0 Å². The molecule has 0 unspecified atom stereocenters. The quantitative estimate of drug-likeness (QED) is 0.527. The lowest BCUT2D eigenvalue weighted by Crippen LogP contribution is -2.50. The first-order valence-electron chi connectivity index (χ1n) is 3.69. The van der Waals surface area contributed by atoms with E-state index in [2.05, 4.69) is 11.9 Å². The van der Waals surface area contributed by atoms with Gasteiger partial charge in [-0.1, -0.05) is 0 Å². The van der Waals surface area contributed by atoms with Gasteiger partial charge in [-0.2, -0.15) is 0 Å². The van der Waals surface area contributed by atoms with Crippen LogP contribution in [0.1, 0.15) is 12.8 Å². The lowest BCUT2D eigenvalue weighted by Gasteiger charge is -2.36. The summed E-state index contributed by atoms with van der Waals surface area (Å²) in [5.41, 5.74) is 5.53. The number of ether oxygens (including phenoxy) is 1. The second kappa shape index (κ2) is 2.86. The van der Waals surface area contributed by atoms with Crippen LogP contribution < -0.4 is 5.73 Å². The van der Waals surface area contributed by atoms with Gasteiger partial charge in [0.2, 0.25) is 0 Å². The number of likely N-dealkylation sites (tertiary alicyclic amines) is 1. The van der Waals surface area contributed by atoms with Crippen molar-refractivity contribution in [1.82, 2.24) is 4.90 Å². The average Bonchev–Trinajstić information content (AvgIpc) is 1.96. The molecule has 0 amide bonds. The number of rotatable bonds is 1. The van der Waals surface area contributed by atoms with Crippen molar-refractivity contribution in [2.45, 2.75) is 18.6 Å². The monoisotopic (exact) mass is 144 g/mol. The molecule has 0 aromatic heterocycles. The van der Waals surface area contributed by atoms with Gasteiger partial charge in [0.05, 0.1) is 0 Å². The topological polar surface area (TPSA) is 38.5 Å². The number of hydrogen-bond donors (Lipinski definition) is 1. The molecular weight excluding hydrogens is 128 g/mol. The molecule has 1 aliphatic heterocycles. The normalized spacial score (nSPS) is 26.7. The molecular formula is C7H16N2O. The van der Waals surface area contributed by atoms with E-state index in [1.54, 1.807) is 7.11 Å². The third kappa shape index (κ3) is 1.68. The molecule has 1 fully saturated rings. The Kier molecular flexibility index (Phi) is 2.28. The SMILES string of the molecule is COC1(N)CCN(C)CC1. The predicted octanol–water partition coefficient (Wildman–Crippen LogP) is 0.0134. The Bertz CT molecular complexity index is 108. The molecule has 60 valence electrons. The number of nitrogens with zero attached hydrogens (tertiary/aromatic N) is 1. The zero-order valence-corrected chi connectivity index (χ0v) is 6.76. The fourth-order valence-electron chi connectivity index (χ4n) is 1.20. The van der Waals surface area contributed by atoms with Crippen LogP contribution in [0.25, 0.3) is 0 Å². The van der Waals surface area contributed by atoms with Gasteiger partial charge in [0.15, 0.2) is 0 Å². The van der Waals surface area contributed by atoms with Gasteiger partial charge in [0.1, 0.15) is 5.72 Å². The summed E-state index contributed by atoms with van der Waals surface area (Å²) in [5, 5.41) is 0. The molecule has 2 N–H and O–H groups in total. The first-order valence-corrected chi connectivity index (χ1v) is 3.69. The van der Waals surface area contributed by atoms with Crippen LogP contribution in [0, 0.1) is 0 Å². The molecule has 0 bridgehead atoms. The molecule has 0 radical (unpaired) electrons. The van der Waals surface area contributed by atoms with Crippen molar-refractivity contribution in [2.75, 3.05) is 27.2 Å². The molecule has 3 heteroatoms. The minimum Gasteiger partial charge on any atom is -0.364 e. The smallest absolute Gasteiger partial charge is 0.118 e. The first-order chi connectivity index (χ1) is 4.66. The molecule has 0 aromatic carbocycles. The average molecular weight is 144 g/mol. The Labute approximate surface area is 62.1 Å². The third-order valence-corrected chi connectivity index (χ3v) is 2.24. The van der Waals surface area contributed by atoms with E-state index in [9.17, 15) is 0 Å². The second-order valence-corrected chi connectivity index (χ2v) is 3.07. The van der Waals surface area contributed by atoms with Crippen molar-refractivity contribution in [3.8, 4) is 0 Å². The molecule has 1 saturated heterocycles. The van der Waals surface area contributed by atoms with Crippen LogP contribution in [-0.4, -0.2) is 37.9 Å². The number of piperidine rings is 1. The van der Waals surface area contributed by atoms with Crippen LogP contribution >= 0.6 is 0 Å². The van der Waals surface area contributed by atoms with Crippen LogP contribution in [0.15, 0.2) is 0 Å². The molecule has 0 aliphatic carbocycles. The summed E-state index contributed by atoms with van der Waals surface area (Å²) in [4.78, 5) is 2.27. The Morgan fingerprint density at radius 3 is 2.30 bits per heavy atom. The predicted molar refractivity (Wildman–Crippen MR) is 40.7 cm³/mol. The maximum atomic E-state index is 5.87. The van der Waals surface area contributed by atoms with Gasteiger partial charge in [-0.15, -0.1) is 0 Å². The molecule has 10 heavy (non-hydrogen) atoms. The first kappa shape index (κ1) is 7.98. The van der Waals surface area contributed by atoms with E-state index in [-0.39, 0.29) is 5.72 Å². The van der Waals surface area contributed by atoms with Gasteiger partial charge in [-0.3, -0.25) is 0 Å². The summed E-state index contributed by atoms with van der Waals surface area (Å²) in [5.74, 6) is 0. The Hall–Kier alpha value is -0.120. The fraction of sp³-hybridized carbons (Fsp3) is 1.00. The molecule has 1 rings (SSSR count). The highest BCUT2D eigenvalue weighted by molar-refractivity contribution is 4.80. The lowest BCUT2D eigenvalue weighted by molar-refractivity contribution is -0.0481. The van der Waals surface area contributed by atoms with Crippen LogP contribution in [-0.2, 0) is 4.74 Å². The lowest BCUT2D eigenvalue weighted by atomic mass is 10.0. The summed E-state index contributed by atoms with van der Waals surface area (Å²) < 4.78 is 5.18. The zero-order chi connectivity index (χ0) is 7.61. The van der Waals surface area contributed by atoms with Gasteiger partial charge in [0, 0.05) is 33.0 Å². The molecule has 1 aliphatic rings. The molecule has 0 aromatic rings.